The molecule has 0 aliphatic rings. The van der Waals surface area contributed by atoms with Crippen LogP contribution in [0.15, 0.2) is 48.5 Å². The lowest BCUT2D eigenvalue weighted by Gasteiger charge is -2.20. The molecule has 0 saturated carbocycles. The van der Waals surface area contributed by atoms with Crippen LogP contribution in [-0.2, 0) is 0 Å². The lowest BCUT2D eigenvalue weighted by Crippen LogP contribution is -2.28. The van der Waals surface area contributed by atoms with E-state index >= 15 is 0 Å². The molecule has 148 valence electrons. The third-order valence-corrected chi connectivity index (χ3v) is 4.34. The van der Waals surface area contributed by atoms with Crippen LogP contribution in [0.5, 0.6) is 23.0 Å². The van der Waals surface area contributed by atoms with Crippen molar-refractivity contribution >= 4 is 0 Å². The highest BCUT2D eigenvalue weighted by molar-refractivity contribution is 5.37. The van der Waals surface area contributed by atoms with Crippen molar-refractivity contribution in [3.63, 3.8) is 0 Å². The first kappa shape index (κ1) is 21.1. The third-order valence-electron chi connectivity index (χ3n) is 4.34. The van der Waals surface area contributed by atoms with Gasteiger partial charge in [-0.3, -0.25) is 0 Å². The predicted octanol–water partition coefficient (Wildman–Crippen LogP) is 4.56. The molecule has 2 N–H and O–H groups in total. The van der Waals surface area contributed by atoms with Gasteiger partial charge in [0.15, 0.2) is 0 Å². The highest BCUT2D eigenvalue weighted by Gasteiger charge is 2.15. The van der Waals surface area contributed by atoms with Gasteiger partial charge in [-0.2, -0.15) is 0 Å². The van der Waals surface area contributed by atoms with Crippen molar-refractivity contribution in [3.8, 4) is 23.0 Å². The standard InChI is InChI=1S/C22H30O5/c1-5-21(15(3)23)26-19-11-7-17(8-12-19)25-18-9-13-20(14-10-18)27-22(6-2)16(4)24/h7-16,21-24H,5-6H2,1-4H3. The van der Waals surface area contributed by atoms with E-state index in [4.69, 9.17) is 14.2 Å². The molecule has 5 nitrogen and oxygen atoms in total. The Bertz CT molecular complexity index is 605. The van der Waals surface area contributed by atoms with E-state index in [2.05, 4.69) is 0 Å². The maximum Gasteiger partial charge on any atom is 0.127 e. The lowest BCUT2D eigenvalue weighted by atomic mass is 10.2. The molecule has 2 aromatic carbocycles. The first-order valence-corrected chi connectivity index (χ1v) is 9.50. The summed E-state index contributed by atoms with van der Waals surface area (Å²) in [6.45, 7) is 7.41. The van der Waals surface area contributed by atoms with Gasteiger partial charge >= 0.3 is 0 Å². The summed E-state index contributed by atoms with van der Waals surface area (Å²) in [6.07, 6.45) is -0.0207. The molecule has 0 spiro atoms. The number of benzene rings is 2. The zero-order valence-corrected chi connectivity index (χ0v) is 16.5. The number of rotatable bonds is 10. The van der Waals surface area contributed by atoms with Crippen molar-refractivity contribution in [2.24, 2.45) is 0 Å². The second kappa shape index (κ2) is 10.2. The van der Waals surface area contributed by atoms with Gasteiger partial charge in [0.2, 0.25) is 0 Å². The van der Waals surface area contributed by atoms with Crippen molar-refractivity contribution in [2.75, 3.05) is 0 Å². The minimum Gasteiger partial charge on any atom is -0.488 e. The van der Waals surface area contributed by atoms with Crippen LogP contribution in [-0.4, -0.2) is 34.6 Å². The van der Waals surface area contributed by atoms with Crippen LogP contribution >= 0.6 is 0 Å². The highest BCUT2D eigenvalue weighted by Crippen LogP contribution is 2.27. The molecule has 0 fully saturated rings. The molecular weight excluding hydrogens is 344 g/mol. The molecule has 0 aliphatic heterocycles. The normalized spacial score (nSPS) is 15.5. The Morgan fingerprint density at radius 2 is 0.926 bits per heavy atom. The summed E-state index contributed by atoms with van der Waals surface area (Å²) in [5, 5.41) is 19.3. The summed E-state index contributed by atoms with van der Waals surface area (Å²) in [5.41, 5.74) is 0. The van der Waals surface area contributed by atoms with Gasteiger partial charge in [-0.1, -0.05) is 13.8 Å². The summed E-state index contributed by atoms with van der Waals surface area (Å²) >= 11 is 0. The number of hydrogen-bond donors (Lipinski definition) is 2. The second-order valence-corrected chi connectivity index (χ2v) is 6.66. The molecule has 0 amide bonds. The van der Waals surface area contributed by atoms with E-state index in [1.165, 1.54) is 0 Å². The maximum atomic E-state index is 9.67. The van der Waals surface area contributed by atoms with Crippen LogP contribution in [0.2, 0.25) is 0 Å². The molecule has 2 rings (SSSR count). The van der Waals surface area contributed by atoms with E-state index < -0.39 is 12.2 Å². The molecule has 4 unspecified atom stereocenters. The fourth-order valence-corrected chi connectivity index (χ4v) is 2.70. The summed E-state index contributed by atoms with van der Waals surface area (Å²) in [5.74, 6) is 2.78. The van der Waals surface area contributed by atoms with Crippen molar-refractivity contribution in [2.45, 2.75) is 65.0 Å². The molecule has 27 heavy (non-hydrogen) atoms. The van der Waals surface area contributed by atoms with Crippen molar-refractivity contribution in [1.29, 1.82) is 0 Å². The molecule has 0 bridgehead atoms. The number of ether oxygens (including phenoxy) is 3. The molecule has 0 aromatic heterocycles. The summed E-state index contributed by atoms with van der Waals surface area (Å²) in [7, 11) is 0. The van der Waals surface area contributed by atoms with Crippen LogP contribution < -0.4 is 14.2 Å². The van der Waals surface area contributed by atoms with Gasteiger partial charge in [-0.05, 0) is 75.2 Å². The second-order valence-electron chi connectivity index (χ2n) is 6.66. The minimum absolute atomic E-state index is 0.224. The topological polar surface area (TPSA) is 68.2 Å². The molecule has 2 aromatic rings. The van der Waals surface area contributed by atoms with Gasteiger partial charge in [0.05, 0.1) is 12.2 Å². The van der Waals surface area contributed by atoms with E-state index in [-0.39, 0.29) is 12.2 Å². The lowest BCUT2D eigenvalue weighted by molar-refractivity contribution is 0.0465. The average molecular weight is 374 g/mol. The number of aliphatic hydroxyl groups is 2. The van der Waals surface area contributed by atoms with Crippen LogP contribution in [0, 0.1) is 0 Å². The third kappa shape index (κ3) is 6.45. The molecule has 0 heterocycles. The number of hydrogen-bond acceptors (Lipinski definition) is 5. The molecule has 5 heteroatoms. The fourth-order valence-electron chi connectivity index (χ4n) is 2.70. The van der Waals surface area contributed by atoms with Gasteiger partial charge in [-0.25, -0.2) is 0 Å². The largest absolute Gasteiger partial charge is 0.488 e. The smallest absolute Gasteiger partial charge is 0.127 e. The van der Waals surface area contributed by atoms with Crippen LogP contribution in [0.4, 0.5) is 0 Å². The molecule has 0 radical (unpaired) electrons. The van der Waals surface area contributed by atoms with E-state index in [0.29, 0.717) is 23.0 Å². The van der Waals surface area contributed by atoms with Gasteiger partial charge < -0.3 is 24.4 Å². The van der Waals surface area contributed by atoms with Crippen molar-refractivity contribution in [1.82, 2.24) is 0 Å². The van der Waals surface area contributed by atoms with Gasteiger partial charge in [0.1, 0.15) is 35.2 Å². The zero-order chi connectivity index (χ0) is 19.8. The van der Waals surface area contributed by atoms with E-state index in [1.807, 2.05) is 62.4 Å². The number of aliphatic hydroxyl groups excluding tert-OH is 2. The Balaban J connectivity index is 1.95. The summed E-state index contributed by atoms with van der Waals surface area (Å²) in [4.78, 5) is 0. The van der Waals surface area contributed by atoms with Crippen molar-refractivity contribution in [3.05, 3.63) is 48.5 Å². The zero-order valence-electron chi connectivity index (χ0n) is 16.5. The molecule has 0 aliphatic carbocycles. The monoisotopic (exact) mass is 374 g/mol. The molecular formula is C22H30O5. The van der Waals surface area contributed by atoms with Gasteiger partial charge in [0, 0.05) is 0 Å². The minimum atomic E-state index is -0.521. The summed E-state index contributed by atoms with van der Waals surface area (Å²) < 4.78 is 17.4. The Labute approximate surface area is 161 Å². The van der Waals surface area contributed by atoms with Crippen molar-refractivity contribution < 1.29 is 24.4 Å². The quantitative estimate of drug-likeness (QED) is 0.638. The van der Waals surface area contributed by atoms with Crippen LogP contribution in [0.1, 0.15) is 40.5 Å². The molecule has 4 atom stereocenters. The Morgan fingerprint density at radius 3 is 1.19 bits per heavy atom. The highest BCUT2D eigenvalue weighted by atomic mass is 16.5. The average Bonchev–Trinajstić information content (AvgIpc) is 2.66. The maximum absolute atomic E-state index is 9.67. The first-order chi connectivity index (χ1) is 12.9. The van der Waals surface area contributed by atoms with E-state index in [0.717, 1.165) is 12.8 Å². The van der Waals surface area contributed by atoms with Crippen LogP contribution in [0.25, 0.3) is 0 Å². The molecule has 0 saturated heterocycles. The Hall–Kier alpha value is -2.24. The summed E-state index contributed by atoms with van der Waals surface area (Å²) in [6, 6.07) is 14.6. The van der Waals surface area contributed by atoms with E-state index in [9.17, 15) is 10.2 Å². The Morgan fingerprint density at radius 1 is 0.630 bits per heavy atom. The van der Waals surface area contributed by atoms with E-state index in [1.54, 1.807) is 13.8 Å². The van der Waals surface area contributed by atoms with Crippen LogP contribution in [0.3, 0.4) is 0 Å². The first-order valence-electron chi connectivity index (χ1n) is 9.50. The fraction of sp³-hybridized carbons (Fsp3) is 0.455. The SMILES string of the molecule is CCC(Oc1ccc(Oc2ccc(OC(CC)C(C)O)cc2)cc1)C(C)O. The Kier molecular flexibility index (Phi) is 7.95. The van der Waals surface area contributed by atoms with Gasteiger partial charge in [0.25, 0.3) is 0 Å². The van der Waals surface area contributed by atoms with Gasteiger partial charge in [-0.15, -0.1) is 0 Å². The predicted molar refractivity (Wildman–Crippen MR) is 106 cm³/mol.